The van der Waals surface area contributed by atoms with Gasteiger partial charge in [0.1, 0.15) is 11.6 Å². The smallest absolute Gasteiger partial charge is 0.189 e. The van der Waals surface area contributed by atoms with Gasteiger partial charge in [-0.3, -0.25) is 4.99 Å². The molecule has 0 saturated heterocycles. The average molecular weight is 269 g/mol. The van der Waals surface area contributed by atoms with E-state index in [1.165, 1.54) is 12.1 Å². The molecular formula is C14H21F2N3. The molecule has 1 unspecified atom stereocenters. The summed E-state index contributed by atoms with van der Waals surface area (Å²) in [7, 11) is 0. The second kappa shape index (κ2) is 5.99. The first-order valence-electron chi connectivity index (χ1n) is 6.22. The van der Waals surface area contributed by atoms with Gasteiger partial charge in [-0.05, 0) is 32.4 Å². The van der Waals surface area contributed by atoms with Gasteiger partial charge in [0.2, 0.25) is 0 Å². The topological polar surface area (TPSA) is 50.4 Å². The van der Waals surface area contributed by atoms with Gasteiger partial charge >= 0.3 is 0 Å². The molecule has 0 aliphatic rings. The highest BCUT2D eigenvalue weighted by Crippen LogP contribution is 2.20. The van der Waals surface area contributed by atoms with Gasteiger partial charge in [-0.25, -0.2) is 8.78 Å². The highest BCUT2D eigenvalue weighted by atomic mass is 19.1. The maximum Gasteiger partial charge on any atom is 0.189 e. The minimum absolute atomic E-state index is 0.166. The van der Waals surface area contributed by atoms with E-state index in [4.69, 9.17) is 5.73 Å². The summed E-state index contributed by atoms with van der Waals surface area (Å²) in [5.74, 6) is -0.973. The molecule has 1 rings (SSSR count). The molecule has 0 amide bonds. The van der Waals surface area contributed by atoms with Gasteiger partial charge in [-0.1, -0.05) is 13.0 Å². The molecule has 5 heteroatoms. The summed E-state index contributed by atoms with van der Waals surface area (Å²) in [6.07, 6.45) is 0. The number of nitrogens with one attached hydrogen (secondary N) is 1. The van der Waals surface area contributed by atoms with Crippen LogP contribution in [0.2, 0.25) is 0 Å². The van der Waals surface area contributed by atoms with Crippen molar-refractivity contribution in [2.75, 3.05) is 6.54 Å². The number of benzene rings is 1. The number of nitrogens with two attached hydrogens (primary N) is 1. The van der Waals surface area contributed by atoms with E-state index in [0.29, 0.717) is 18.1 Å². The van der Waals surface area contributed by atoms with Crippen molar-refractivity contribution in [3.8, 4) is 0 Å². The maximum atomic E-state index is 13.6. The van der Waals surface area contributed by atoms with E-state index in [1.54, 1.807) is 0 Å². The van der Waals surface area contributed by atoms with Crippen molar-refractivity contribution in [2.24, 2.45) is 10.7 Å². The quantitative estimate of drug-likeness (QED) is 0.655. The van der Waals surface area contributed by atoms with Gasteiger partial charge in [0.25, 0.3) is 0 Å². The second-order valence-electron chi connectivity index (χ2n) is 5.67. The van der Waals surface area contributed by atoms with Crippen molar-refractivity contribution in [1.29, 1.82) is 0 Å². The second-order valence-corrected chi connectivity index (χ2v) is 5.67. The van der Waals surface area contributed by atoms with Gasteiger partial charge in [0.05, 0.1) is 0 Å². The van der Waals surface area contributed by atoms with Crippen LogP contribution in [0.5, 0.6) is 0 Å². The van der Waals surface area contributed by atoms with Crippen LogP contribution in [0.1, 0.15) is 39.2 Å². The number of nitrogens with zero attached hydrogens (tertiary/aromatic N) is 1. The normalized spacial score (nSPS) is 14.3. The zero-order valence-electron chi connectivity index (χ0n) is 11.8. The van der Waals surface area contributed by atoms with Crippen LogP contribution >= 0.6 is 0 Å². The van der Waals surface area contributed by atoms with Crippen LogP contribution in [0, 0.1) is 11.6 Å². The molecule has 0 bridgehead atoms. The minimum atomic E-state index is -0.578. The van der Waals surface area contributed by atoms with Gasteiger partial charge in [0, 0.05) is 24.1 Å². The number of halogens is 2. The first-order chi connectivity index (χ1) is 8.69. The van der Waals surface area contributed by atoms with Crippen molar-refractivity contribution >= 4 is 5.96 Å². The Balaban J connectivity index is 2.69. The molecular weight excluding hydrogens is 248 g/mol. The Bertz CT molecular complexity index is 464. The van der Waals surface area contributed by atoms with E-state index in [-0.39, 0.29) is 11.5 Å². The first-order valence-corrected chi connectivity index (χ1v) is 6.22. The lowest BCUT2D eigenvalue weighted by molar-refractivity contribution is 0.507. The van der Waals surface area contributed by atoms with E-state index >= 15 is 0 Å². The fourth-order valence-electron chi connectivity index (χ4n) is 1.66. The third-order valence-corrected chi connectivity index (χ3v) is 2.53. The van der Waals surface area contributed by atoms with E-state index in [1.807, 2.05) is 27.7 Å². The molecule has 0 aliphatic heterocycles. The number of rotatable bonds is 3. The average Bonchev–Trinajstić information content (AvgIpc) is 2.23. The lowest BCUT2D eigenvalue weighted by Crippen LogP contribution is -2.45. The molecule has 0 aromatic heterocycles. The molecule has 1 atom stereocenters. The van der Waals surface area contributed by atoms with Crippen molar-refractivity contribution < 1.29 is 8.78 Å². The molecule has 3 nitrogen and oxygen atoms in total. The van der Waals surface area contributed by atoms with Crippen LogP contribution in [0.25, 0.3) is 0 Å². The zero-order chi connectivity index (χ0) is 14.6. The Morgan fingerprint density at radius 2 is 2.00 bits per heavy atom. The minimum Gasteiger partial charge on any atom is -0.370 e. The summed E-state index contributed by atoms with van der Waals surface area (Å²) in [5.41, 5.74) is 6.00. The molecule has 0 radical (unpaired) electrons. The van der Waals surface area contributed by atoms with E-state index in [9.17, 15) is 8.78 Å². The third kappa shape index (κ3) is 5.24. The predicted molar refractivity (Wildman–Crippen MR) is 74.2 cm³/mol. The molecule has 0 saturated carbocycles. The maximum absolute atomic E-state index is 13.6. The van der Waals surface area contributed by atoms with Gasteiger partial charge < -0.3 is 11.1 Å². The number of hydrogen-bond acceptors (Lipinski definition) is 1. The van der Waals surface area contributed by atoms with E-state index < -0.39 is 11.6 Å². The Labute approximate surface area is 112 Å². The van der Waals surface area contributed by atoms with Gasteiger partial charge in [0.15, 0.2) is 5.96 Å². The van der Waals surface area contributed by atoms with Gasteiger partial charge in [-0.2, -0.15) is 0 Å². The number of guanidine groups is 1. The monoisotopic (exact) mass is 269 g/mol. The lowest BCUT2D eigenvalue weighted by Gasteiger charge is -2.21. The van der Waals surface area contributed by atoms with Crippen LogP contribution in [-0.2, 0) is 0 Å². The molecule has 1 aromatic carbocycles. The fraction of sp³-hybridized carbons (Fsp3) is 0.500. The standard InChI is InChI=1S/C14H21F2N3/c1-9(8-18-13(17)19-14(2,3)4)11-6-5-10(15)7-12(11)16/h5-7,9H,8H2,1-4H3,(H3,17,18,19). The summed E-state index contributed by atoms with van der Waals surface area (Å²) in [4.78, 5) is 4.17. The Hall–Kier alpha value is -1.65. The Kier molecular flexibility index (Phi) is 4.86. The lowest BCUT2D eigenvalue weighted by atomic mass is 10.0. The molecule has 0 spiro atoms. The van der Waals surface area contributed by atoms with E-state index in [2.05, 4.69) is 10.3 Å². The van der Waals surface area contributed by atoms with Crippen LogP contribution in [0.4, 0.5) is 8.78 Å². The van der Waals surface area contributed by atoms with Crippen molar-refractivity contribution in [1.82, 2.24) is 5.32 Å². The molecule has 1 aromatic rings. The zero-order valence-corrected chi connectivity index (χ0v) is 11.8. The summed E-state index contributed by atoms with van der Waals surface area (Å²) < 4.78 is 26.4. The van der Waals surface area contributed by atoms with Crippen molar-refractivity contribution in [3.63, 3.8) is 0 Å². The molecule has 19 heavy (non-hydrogen) atoms. The highest BCUT2D eigenvalue weighted by Gasteiger charge is 2.13. The first kappa shape index (κ1) is 15.4. The molecule has 106 valence electrons. The predicted octanol–water partition coefficient (Wildman–Crippen LogP) is 2.77. The molecule has 0 heterocycles. The summed E-state index contributed by atoms with van der Waals surface area (Å²) >= 11 is 0. The largest absolute Gasteiger partial charge is 0.370 e. The molecule has 0 aliphatic carbocycles. The Morgan fingerprint density at radius 3 is 2.53 bits per heavy atom. The molecule has 0 fully saturated rings. The summed E-state index contributed by atoms with van der Waals surface area (Å²) in [5, 5.41) is 3.02. The van der Waals surface area contributed by atoms with Gasteiger partial charge in [-0.15, -0.1) is 0 Å². The van der Waals surface area contributed by atoms with Crippen molar-refractivity contribution in [3.05, 3.63) is 35.4 Å². The Morgan fingerprint density at radius 1 is 1.37 bits per heavy atom. The van der Waals surface area contributed by atoms with Crippen LogP contribution < -0.4 is 11.1 Å². The van der Waals surface area contributed by atoms with Crippen molar-refractivity contribution in [2.45, 2.75) is 39.2 Å². The fourth-order valence-corrected chi connectivity index (χ4v) is 1.66. The molecule has 3 N–H and O–H groups in total. The van der Waals surface area contributed by atoms with Crippen LogP contribution in [0.3, 0.4) is 0 Å². The highest BCUT2D eigenvalue weighted by molar-refractivity contribution is 5.78. The summed E-state index contributed by atoms with van der Waals surface area (Å²) in [6.45, 7) is 8.08. The number of aliphatic imine (C=N–C) groups is 1. The summed E-state index contributed by atoms with van der Waals surface area (Å²) in [6, 6.07) is 3.57. The third-order valence-electron chi connectivity index (χ3n) is 2.53. The number of hydrogen-bond donors (Lipinski definition) is 2. The van der Waals surface area contributed by atoms with Crippen LogP contribution in [-0.4, -0.2) is 18.0 Å². The van der Waals surface area contributed by atoms with Crippen LogP contribution in [0.15, 0.2) is 23.2 Å². The van der Waals surface area contributed by atoms with E-state index in [0.717, 1.165) is 6.07 Å². The SMILES string of the molecule is CC(CN=C(N)NC(C)(C)C)c1ccc(F)cc1F.